The molecule has 0 unspecified atom stereocenters. The molecule has 2 aromatic rings. The molecule has 0 spiro atoms. The number of anilines is 1. The van der Waals surface area contributed by atoms with Gasteiger partial charge in [0.15, 0.2) is 0 Å². The molecule has 4 rings (SSSR count). The second kappa shape index (κ2) is 10.9. The Morgan fingerprint density at radius 3 is 2.44 bits per heavy atom. The number of carbonyl (C=O) groups is 1. The molecule has 0 saturated carbocycles. The Balaban J connectivity index is 1.48. The summed E-state index contributed by atoms with van der Waals surface area (Å²) in [7, 11) is 1.66. The lowest BCUT2D eigenvalue weighted by Crippen LogP contribution is -2.38. The predicted molar refractivity (Wildman–Crippen MR) is 132 cm³/mol. The van der Waals surface area contributed by atoms with E-state index in [2.05, 4.69) is 28.9 Å². The van der Waals surface area contributed by atoms with Crippen LogP contribution < -0.4 is 9.64 Å². The van der Waals surface area contributed by atoms with Gasteiger partial charge < -0.3 is 14.5 Å². The summed E-state index contributed by atoms with van der Waals surface area (Å²) in [6.45, 7) is 7.73. The molecule has 2 aliphatic rings. The van der Waals surface area contributed by atoms with Crippen LogP contribution in [0.5, 0.6) is 5.75 Å². The Bertz CT molecular complexity index is 1000. The number of piperidine rings is 1. The van der Waals surface area contributed by atoms with Crippen molar-refractivity contribution in [2.75, 3.05) is 51.3 Å². The van der Waals surface area contributed by atoms with E-state index >= 15 is 0 Å². The first-order valence-corrected chi connectivity index (χ1v) is 12.1. The van der Waals surface area contributed by atoms with Crippen molar-refractivity contribution in [1.29, 1.82) is 0 Å². The van der Waals surface area contributed by atoms with E-state index in [1.54, 1.807) is 13.2 Å². The SMILES string of the molecule is COc1ccc(CN2CCCN(C(=O)c3cc([N+](=O)[O-])ccc3N3CCC(C)CC3)CC2)cc1. The van der Waals surface area contributed by atoms with Crippen LogP contribution in [0.25, 0.3) is 0 Å². The largest absolute Gasteiger partial charge is 0.497 e. The van der Waals surface area contributed by atoms with Crippen LogP contribution in [0.4, 0.5) is 11.4 Å². The summed E-state index contributed by atoms with van der Waals surface area (Å²) in [5.74, 6) is 1.40. The fraction of sp³-hybridized carbons (Fsp3) is 0.500. The quantitative estimate of drug-likeness (QED) is 0.469. The Kier molecular flexibility index (Phi) is 7.67. The van der Waals surface area contributed by atoms with E-state index in [1.807, 2.05) is 17.0 Å². The Labute approximate surface area is 201 Å². The number of benzene rings is 2. The van der Waals surface area contributed by atoms with Gasteiger partial charge in [-0.1, -0.05) is 19.1 Å². The van der Waals surface area contributed by atoms with E-state index in [9.17, 15) is 14.9 Å². The number of non-ortho nitro benzene ring substituents is 1. The van der Waals surface area contributed by atoms with Gasteiger partial charge in [-0.05, 0) is 48.9 Å². The highest BCUT2D eigenvalue weighted by atomic mass is 16.6. The molecule has 0 radical (unpaired) electrons. The van der Waals surface area contributed by atoms with Crippen LogP contribution in [-0.2, 0) is 6.54 Å². The van der Waals surface area contributed by atoms with Crippen molar-refractivity contribution in [3.8, 4) is 5.75 Å². The number of amides is 1. The van der Waals surface area contributed by atoms with E-state index in [0.717, 1.165) is 63.4 Å². The molecule has 0 aliphatic carbocycles. The number of nitro benzene ring substituents is 1. The van der Waals surface area contributed by atoms with Gasteiger partial charge in [-0.2, -0.15) is 0 Å². The highest BCUT2D eigenvalue weighted by molar-refractivity contribution is 6.00. The number of nitro groups is 1. The molecule has 0 N–H and O–H groups in total. The van der Waals surface area contributed by atoms with E-state index in [1.165, 1.54) is 17.7 Å². The Hall–Kier alpha value is -3.13. The fourth-order valence-corrected chi connectivity index (χ4v) is 4.83. The van der Waals surface area contributed by atoms with Crippen molar-refractivity contribution in [2.45, 2.75) is 32.7 Å². The average Bonchev–Trinajstić information content (AvgIpc) is 3.10. The molecular weight excluding hydrogens is 432 g/mol. The van der Waals surface area contributed by atoms with Crippen LogP contribution in [0.15, 0.2) is 42.5 Å². The minimum Gasteiger partial charge on any atom is -0.497 e. The molecule has 8 heteroatoms. The minimum absolute atomic E-state index is 0.0339. The predicted octanol–water partition coefficient (Wildman–Crippen LogP) is 4.19. The fourth-order valence-electron chi connectivity index (χ4n) is 4.83. The average molecular weight is 467 g/mol. The molecule has 2 heterocycles. The molecule has 1 amide bonds. The molecule has 0 aromatic heterocycles. The number of hydrogen-bond donors (Lipinski definition) is 0. The molecule has 2 aliphatic heterocycles. The van der Waals surface area contributed by atoms with Crippen molar-refractivity contribution >= 4 is 17.3 Å². The summed E-state index contributed by atoms with van der Waals surface area (Å²) >= 11 is 0. The molecule has 34 heavy (non-hydrogen) atoms. The summed E-state index contributed by atoms with van der Waals surface area (Å²) in [5.41, 5.74) is 2.45. The highest BCUT2D eigenvalue weighted by Crippen LogP contribution is 2.30. The van der Waals surface area contributed by atoms with Gasteiger partial charge >= 0.3 is 0 Å². The lowest BCUT2D eigenvalue weighted by atomic mass is 9.97. The van der Waals surface area contributed by atoms with Crippen LogP contribution in [-0.4, -0.2) is 67.0 Å². The molecular formula is C26H34N4O4. The number of carbonyl (C=O) groups excluding carboxylic acids is 1. The number of nitrogens with zero attached hydrogens (tertiary/aromatic N) is 4. The first-order chi connectivity index (χ1) is 16.4. The van der Waals surface area contributed by atoms with E-state index in [0.29, 0.717) is 24.6 Å². The Morgan fingerprint density at radius 1 is 1.03 bits per heavy atom. The lowest BCUT2D eigenvalue weighted by molar-refractivity contribution is -0.384. The smallest absolute Gasteiger partial charge is 0.270 e. The van der Waals surface area contributed by atoms with Gasteiger partial charge in [0.05, 0.1) is 23.3 Å². The van der Waals surface area contributed by atoms with Crippen molar-refractivity contribution in [3.05, 3.63) is 63.7 Å². The van der Waals surface area contributed by atoms with Gasteiger partial charge in [0.25, 0.3) is 11.6 Å². The molecule has 2 aromatic carbocycles. The summed E-state index contributed by atoms with van der Waals surface area (Å²) in [6, 6.07) is 12.8. The van der Waals surface area contributed by atoms with Crippen LogP contribution in [0.2, 0.25) is 0 Å². The number of hydrogen-bond acceptors (Lipinski definition) is 6. The number of rotatable bonds is 6. The summed E-state index contributed by atoms with van der Waals surface area (Å²) in [6.07, 6.45) is 3.00. The van der Waals surface area contributed by atoms with E-state index in [4.69, 9.17) is 4.74 Å². The topological polar surface area (TPSA) is 79.2 Å². The number of ether oxygens (including phenoxy) is 1. The van der Waals surface area contributed by atoms with Crippen LogP contribution >= 0.6 is 0 Å². The van der Waals surface area contributed by atoms with Crippen molar-refractivity contribution in [3.63, 3.8) is 0 Å². The van der Waals surface area contributed by atoms with Crippen LogP contribution in [0, 0.1) is 16.0 Å². The number of methoxy groups -OCH3 is 1. The summed E-state index contributed by atoms with van der Waals surface area (Å²) in [5, 5.41) is 11.4. The normalized spacial score (nSPS) is 17.9. The second-order valence-corrected chi connectivity index (χ2v) is 9.40. The van der Waals surface area contributed by atoms with Gasteiger partial charge in [-0.3, -0.25) is 19.8 Å². The summed E-state index contributed by atoms with van der Waals surface area (Å²) in [4.78, 5) is 31.1. The molecule has 8 nitrogen and oxygen atoms in total. The van der Waals surface area contributed by atoms with Crippen molar-refractivity contribution in [2.24, 2.45) is 5.92 Å². The maximum absolute atomic E-state index is 13.6. The molecule has 0 bridgehead atoms. The first-order valence-electron chi connectivity index (χ1n) is 12.1. The van der Waals surface area contributed by atoms with Crippen molar-refractivity contribution < 1.29 is 14.5 Å². The standard InChI is InChI=1S/C26H34N4O4/c1-20-10-14-28(15-11-20)25-9-6-22(30(32)33)18-24(25)26(31)29-13-3-12-27(16-17-29)19-21-4-7-23(34-2)8-5-21/h4-9,18,20H,3,10-17,19H2,1-2H3. The van der Waals surface area contributed by atoms with Crippen LogP contribution in [0.3, 0.4) is 0 Å². The van der Waals surface area contributed by atoms with Gasteiger partial charge in [-0.15, -0.1) is 0 Å². The molecule has 2 saturated heterocycles. The first kappa shape index (κ1) is 24.0. The monoisotopic (exact) mass is 466 g/mol. The lowest BCUT2D eigenvalue weighted by Gasteiger charge is -2.34. The zero-order chi connectivity index (χ0) is 24.1. The third kappa shape index (κ3) is 5.67. The van der Waals surface area contributed by atoms with Gasteiger partial charge in [0.2, 0.25) is 0 Å². The molecule has 0 atom stereocenters. The zero-order valence-corrected chi connectivity index (χ0v) is 20.1. The van der Waals surface area contributed by atoms with Gasteiger partial charge in [0, 0.05) is 57.9 Å². The highest BCUT2D eigenvalue weighted by Gasteiger charge is 2.27. The van der Waals surface area contributed by atoms with Gasteiger partial charge in [0.1, 0.15) is 5.75 Å². The van der Waals surface area contributed by atoms with Crippen molar-refractivity contribution in [1.82, 2.24) is 9.80 Å². The zero-order valence-electron chi connectivity index (χ0n) is 20.1. The minimum atomic E-state index is -0.419. The second-order valence-electron chi connectivity index (χ2n) is 9.40. The third-order valence-electron chi connectivity index (χ3n) is 6.99. The van der Waals surface area contributed by atoms with Gasteiger partial charge in [-0.25, -0.2) is 0 Å². The summed E-state index contributed by atoms with van der Waals surface area (Å²) < 4.78 is 5.24. The van der Waals surface area contributed by atoms with E-state index < -0.39 is 4.92 Å². The molecule has 2 fully saturated rings. The maximum atomic E-state index is 13.6. The third-order valence-corrected chi connectivity index (χ3v) is 6.99. The van der Waals surface area contributed by atoms with E-state index in [-0.39, 0.29) is 11.6 Å². The Morgan fingerprint density at radius 2 is 1.76 bits per heavy atom. The van der Waals surface area contributed by atoms with Crippen LogP contribution in [0.1, 0.15) is 42.1 Å². The molecule has 182 valence electrons. The maximum Gasteiger partial charge on any atom is 0.270 e.